The molecular weight excluding hydrogens is 425 g/mol. The van der Waals surface area contributed by atoms with Crippen molar-refractivity contribution < 1.29 is 17.0 Å². The number of hydrogen-bond acceptors (Lipinski definition) is 4. The molecule has 2 N–H and O–H groups in total. The average molecular weight is 480 g/mol. The summed E-state index contributed by atoms with van der Waals surface area (Å²) in [6.07, 6.45) is 23.2. The first-order valence-electron chi connectivity index (χ1n) is 13.3. The summed E-state index contributed by atoms with van der Waals surface area (Å²) < 4.78 is 40.7. The lowest BCUT2D eigenvalue weighted by molar-refractivity contribution is 0.305. The fourth-order valence-corrected chi connectivity index (χ4v) is 4.49. The van der Waals surface area contributed by atoms with E-state index in [0.29, 0.717) is 26.0 Å². The van der Waals surface area contributed by atoms with Gasteiger partial charge < -0.3 is 5.73 Å². The van der Waals surface area contributed by atoms with Crippen molar-refractivity contribution in [1.29, 1.82) is 0 Å². The molecule has 4 nitrogen and oxygen atoms in total. The summed E-state index contributed by atoms with van der Waals surface area (Å²) in [5.41, 5.74) is 4.91. The van der Waals surface area contributed by atoms with Gasteiger partial charge in [0, 0.05) is 6.54 Å². The molecule has 0 spiro atoms. The highest BCUT2D eigenvalue weighted by atomic mass is 32.2. The predicted molar refractivity (Wildman–Crippen MR) is 138 cm³/mol. The van der Waals surface area contributed by atoms with Crippen molar-refractivity contribution in [2.45, 2.75) is 129 Å². The highest BCUT2D eigenvalue weighted by Crippen LogP contribution is 2.13. The van der Waals surface area contributed by atoms with Crippen LogP contribution in [0.5, 0.6) is 0 Å². The highest BCUT2D eigenvalue weighted by Gasteiger charge is 2.10. The van der Waals surface area contributed by atoms with Gasteiger partial charge in [0.15, 0.2) is 0 Å². The summed E-state index contributed by atoms with van der Waals surface area (Å²) in [7, 11) is -3.35. The minimum atomic E-state index is -3.35. The van der Waals surface area contributed by atoms with Crippen LogP contribution < -0.4 is 5.73 Å². The molecule has 0 saturated heterocycles. The van der Waals surface area contributed by atoms with Crippen molar-refractivity contribution in [1.82, 2.24) is 0 Å². The monoisotopic (exact) mass is 479 g/mol. The molecule has 194 valence electrons. The van der Waals surface area contributed by atoms with E-state index in [9.17, 15) is 12.8 Å². The molecule has 0 aromatic heterocycles. The first kappa shape index (κ1) is 33.7. The molecule has 0 radical (unpaired) electrons. The Balaban J connectivity index is 0. The maximum absolute atomic E-state index is 12.0. The third kappa shape index (κ3) is 31.7. The van der Waals surface area contributed by atoms with Crippen LogP contribution in [0.1, 0.15) is 129 Å². The second-order valence-corrected chi connectivity index (χ2v) is 10.4. The Morgan fingerprint density at radius 1 is 0.719 bits per heavy atom. The van der Waals surface area contributed by atoms with Crippen molar-refractivity contribution in [3.63, 3.8) is 0 Å². The van der Waals surface area contributed by atoms with E-state index in [-0.39, 0.29) is 12.4 Å². The number of halogens is 1. The maximum Gasteiger partial charge on any atom is 0.267 e. The smallest absolute Gasteiger partial charge is 0.267 e. The van der Waals surface area contributed by atoms with E-state index < -0.39 is 10.1 Å². The number of rotatable bonds is 24. The van der Waals surface area contributed by atoms with Crippen LogP contribution >= 0.6 is 0 Å². The summed E-state index contributed by atoms with van der Waals surface area (Å²) >= 11 is 0. The summed E-state index contributed by atoms with van der Waals surface area (Å²) in [6, 6.07) is 0. The van der Waals surface area contributed by atoms with Gasteiger partial charge in [0.1, 0.15) is 0 Å². The number of unbranched alkanes of at least 4 members (excludes halogenated alkanes) is 17. The van der Waals surface area contributed by atoms with Gasteiger partial charge in [-0.1, -0.05) is 116 Å². The molecule has 0 aliphatic rings. The van der Waals surface area contributed by atoms with Gasteiger partial charge in [0.25, 0.3) is 10.1 Å². The SMILES string of the molecule is C=CCN.CCCCCCCCCCCCCCOS(=O)(=O)CCCCCCCCCF. The molecule has 0 aliphatic heterocycles. The van der Waals surface area contributed by atoms with Crippen LogP contribution in [0.4, 0.5) is 4.39 Å². The quantitative estimate of drug-likeness (QED) is 0.0868. The minimum Gasteiger partial charge on any atom is -0.327 e. The normalized spacial score (nSPS) is 11.2. The van der Waals surface area contributed by atoms with Crippen molar-refractivity contribution in [2.24, 2.45) is 5.73 Å². The molecule has 6 heteroatoms. The van der Waals surface area contributed by atoms with Gasteiger partial charge in [-0.15, -0.1) is 6.58 Å². The van der Waals surface area contributed by atoms with Crippen LogP contribution in [-0.2, 0) is 14.3 Å². The number of hydrogen-bond donors (Lipinski definition) is 1. The van der Waals surface area contributed by atoms with Gasteiger partial charge in [-0.25, -0.2) is 0 Å². The van der Waals surface area contributed by atoms with E-state index in [1.807, 2.05) is 0 Å². The van der Waals surface area contributed by atoms with Crippen LogP contribution in [0.3, 0.4) is 0 Å². The van der Waals surface area contributed by atoms with Gasteiger partial charge in [-0.3, -0.25) is 8.57 Å². The first-order valence-corrected chi connectivity index (χ1v) is 14.9. The molecule has 0 aromatic carbocycles. The Labute approximate surface area is 200 Å². The zero-order chi connectivity index (χ0) is 24.2. The van der Waals surface area contributed by atoms with Crippen LogP contribution in [0.2, 0.25) is 0 Å². The van der Waals surface area contributed by atoms with E-state index >= 15 is 0 Å². The molecule has 0 bridgehead atoms. The number of alkyl halides is 1. The summed E-state index contributed by atoms with van der Waals surface area (Å²) in [4.78, 5) is 0. The van der Waals surface area contributed by atoms with Gasteiger partial charge in [-0.05, 0) is 19.3 Å². The fraction of sp³-hybridized carbons (Fsp3) is 0.923. The van der Waals surface area contributed by atoms with Gasteiger partial charge >= 0.3 is 0 Å². The van der Waals surface area contributed by atoms with Crippen LogP contribution in [0.15, 0.2) is 12.7 Å². The summed E-state index contributed by atoms with van der Waals surface area (Å²) in [6.45, 7) is 6.30. The molecule has 0 amide bonds. The Hall–Kier alpha value is -0.460. The Kier molecular flexibility index (Phi) is 30.1. The van der Waals surface area contributed by atoms with Crippen LogP contribution in [0, 0.1) is 0 Å². The molecule has 0 unspecified atom stereocenters. The molecule has 0 saturated carbocycles. The molecule has 0 atom stereocenters. The predicted octanol–water partition coefficient (Wildman–Crippen LogP) is 7.87. The van der Waals surface area contributed by atoms with Crippen molar-refractivity contribution in [3.05, 3.63) is 12.7 Å². The van der Waals surface area contributed by atoms with Gasteiger partial charge in [-0.2, -0.15) is 8.42 Å². The molecular formula is C26H54FNO3S. The minimum absolute atomic E-state index is 0.135. The number of nitrogens with two attached hydrogens (primary N) is 1. The maximum atomic E-state index is 12.0. The van der Waals surface area contributed by atoms with E-state index in [0.717, 1.165) is 44.9 Å². The Bertz CT molecular complexity index is 458. The fourth-order valence-electron chi connectivity index (χ4n) is 3.45. The molecule has 0 aliphatic carbocycles. The van der Waals surface area contributed by atoms with E-state index in [1.54, 1.807) is 6.08 Å². The zero-order valence-corrected chi connectivity index (χ0v) is 22.0. The molecule has 0 heterocycles. The molecule has 0 fully saturated rings. The van der Waals surface area contributed by atoms with E-state index in [2.05, 4.69) is 13.5 Å². The second-order valence-electron chi connectivity index (χ2n) is 8.66. The lowest BCUT2D eigenvalue weighted by Crippen LogP contribution is -2.11. The topological polar surface area (TPSA) is 69.4 Å². The summed E-state index contributed by atoms with van der Waals surface area (Å²) in [5, 5.41) is 0. The second kappa shape index (κ2) is 28.6. The molecule has 32 heavy (non-hydrogen) atoms. The van der Waals surface area contributed by atoms with Gasteiger partial charge in [0.2, 0.25) is 0 Å². The van der Waals surface area contributed by atoms with Gasteiger partial charge in [0.05, 0.1) is 19.0 Å². The van der Waals surface area contributed by atoms with Crippen molar-refractivity contribution in [3.8, 4) is 0 Å². The van der Waals surface area contributed by atoms with Crippen molar-refractivity contribution in [2.75, 3.05) is 25.6 Å². The van der Waals surface area contributed by atoms with Crippen molar-refractivity contribution >= 4 is 10.1 Å². The molecule has 0 rings (SSSR count). The largest absolute Gasteiger partial charge is 0.327 e. The third-order valence-corrected chi connectivity index (χ3v) is 6.77. The first-order chi connectivity index (χ1) is 15.5. The Morgan fingerprint density at radius 2 is 1.09 bits per heavy atom. The van der Waals surface area contributed by atoms with E-state index in [4.69, 9.17) is 9.92 Å². The lowest BCUT2D eigenvalue weighted by Gasteiger charge is -2.06. The highest BCUT2D eigenvalue weighted by molar-refractivity contribution is 7.86. The average Bonchev–Trinajstić information content (AvgIpc) is 2.79. The van der Waals surface area contributed by atoms with E-state index in [1.165, 1.54) is 64.2 Å². The third-order valence-electron chi connectivity index (χ3n) is 5.46. The van der Waals surface area contributed by atoms with Crippen LogP contribution in [0.25, 0.3) is 0 Å². The zero-order valence-electron chi connectivity index (χ0n) is 21.1. The van der Waals surface area contributed by atoms with Crippen LogP contribution in [-0.4, -0.2) is 34.0 Å². The summed E-state index contributed by atoms with van der Waals surface area (Å²) in [5.74, 6) is 0.135. The Morgan fingerprint density at radius 3 is 1.50 bits per heavy atom. The standard InChI is InChI=1S/C23H47FO3S.C3H7N/c1-2-3-4-5-6-7-8-9-10-13-16-19-22-27-28(25,26)23-20-17-14-11-12-15-18-21-24;1-2-3-4/h2-23H2,1H3;2H,1,3-4H2. The molecule has 0 aromatic rings. The lowest BCUT2D eigenvalue weighted by atomic mass is 10.1.